The fourth-order valence-corrected chi connectivity index (χ4v) is 3.36. The lowest BCUT2D eigenvalue weighted by atomic mass is 9.81. The van der Waals surface area contributed by atoms with Gasteiger partial charge in [0.25, 0.3) is 0 Å². The summed E-state index contributed by atoms with van der Waals surface area (Å²) in [7, 11) is 1.72. The van der Waals surface area contributed by atoms with Crippen LogP contribution in [0.15, 0.2) is 0 Å². The van der Waals surface area contributed by atoms with Gasteiger partial charge in [0.1, 0.15) is 0 Å². The topological polar surface area (TPSA) is 55.6 Å². The first-order chi connectivity index (χ1) is 8.68. The Morgan fingerprint density at radius 3 is 2.42 bits per heavy atom. The number of methoxy groups -OCH3 is 1. The highest BCUT2D eigenvalue weighted by atomic mass is 35.5. The number of hydrogen-bond donors (Lipinski definition) is 1. The van der Waals surface area contributed by atoms with Crippen LogP contribution in [0.5, 0.6) is 0 Å². The van der Waals surface area contributed by atoms with Gasteiger partial charge in [0, 0.05) is 32.8 Å². The van der Waals surface area contributed by atoms with Crippen LogP contribution in [0.3, 0.4) is 0 Å². The monoisotopic (exact) mass is 290 g/mol. The molecule has 19 heavy (non-hydrogen) atoms. The Bertz CT molecular complexity index is 285. The molecule has 2 aliphatic rings. The van der Waals surface area contributed by atoms with E-state index in [1.807, 2.05) is 4.90 Å². The maximum atomic E-state index is 12.8. The number of halogens is 1. The van der Waals surface area contributed by atoms with Crippen LogP contribution in [0.2, 0.25) is 0 Å². The minimum atomic E-state index is -0.128. The summed E-state index contributed by atoms with van der Waals surface area (Å²) in [6, 6.07) is 0.285. The van der Waals surface area contributed by atoms with Crippen LogP contribution in [0, 0.1) is 5.41 Å². The van der Waals surface area contributed by atoms with Gasteiger partial charge in [-0.2, -0.15) is 0 Å². The van der Waals surface area contributed by atoms with E-state index in [9.17, 15) is 4.79 Å². The Balaban J connectivity index is 0.00000180. The van der Waals surface area contributed by atoms with Gasteiger partial charge in [0.15, 0.2) is 0 Å². The van der Waals surface area contributed by atoms with Crippen molar-refractivity contribution < 1.29 is 9.53 Å². The summed E-state index contributed by atoms with van der Waals surface area (Å²) >= 11 is 0. The summed E-state index contributed by atoms with van der Waals surface area (Å²) in [6.07, 6.45) is 7.23. The Morgan fingerprint density at radius 1 is 1.32 bits per heavy atom. The third-order valence-electron chi connectivity index (χ3n) is 4.63. The molecule has 0 bridgehead atoms. The second-order valence-electron chi connectivity index (χ2n) is 5.86. The second kappa shape index (κ2) is 7.46. The van der Waals surface area contributed by atoms with Gasteiger partial charge < -0.3 is 15.4 Å². The van der Waals surface area contributed by atoms with Gasteiger partial charge in [-0.05, 0) is 32.1 Å². The van der Waals surface area contributed by atoms with E-state index in [1.54, 1.807) is 7.11 Å². The number of carbonyl (C=O) groups excluding carboxylic acids is 1. The molecule has 0 unspecified atom stereocenters. The minimum absolute atomic E-state index is 0. The number of rotatable bonds is 4. The van der Waals surface area contributed by atoms with Gasteiger partial charge in [-0.25, -0.2) is 0 Å². The summed E-state index contributed by atoms with van der Waals surface area (Å²) in [5.74, 6) is 0.365. The van der Waals surface area contributed by atoms with Gasteiger partial charge in [0.2, 0.25) is 5.91 Å². The average Bonchev–Trinajstić information content (AvgIpc) is 2.86. The number of ether oxygens (including phenoxy) is 1. The van der Waals surface area contributed by atoms with Crippen LogP contribution in [-0.4, -0.2) is 43.7 Å². The molecule has 4 nitrogen and oxygen atoms in total. The maximum absolute atomic E-state index is 12.8. The number of piperidine rings is 1. The van der Waals surface area contributed by atoms with E-state index in [4.69, 9.17) is 10.5 Å². The molecular formula is C14H27ClN2O2. The molecule has 0 aromatic rings. The van der Waals surface area contributed by atoms with Crippen LogP contribution >= 0.6 is 12.4 Å². The van der Waals surface area contributed by atoms with E-state index in [0.29, 0.717) is 12.5 Å². The smallest absolute Gasteiger partial charge is 0.228 e. The molecule has 0 atom stereocenters. The molecule has 2 fully saturated rings. The molecule has 1 saturated carbocycles. The van der Waals surface area contributed by atoms with Crippen molar-refractivity contribution in [1.29, 1.82) is 0 Å². The van der Waals surface area contributed by atoms with Gasteiger partial charge in [-0.1, -0.05) is 12.8 Å². The predicted octanol–water partition coefficient (Wildman–Crippen LogP) is 1.95. The van der Waals surface area contributed by atoms with Crippen LogP contribution in [-0.2, 0) is 9.53 Å². The molecule has 0 radical (unpaired) electrons. The highest BCUT2D eigenvalue weighted by Gasteiger charge is 2.43. The summed E-state index contributed by atoms with van der Waals surface area (Å²) in [5.41, 5.74) is 5.78. The Morgan fingerprint density at radius 2 is 1.89 bits per heavy atom. The van der Waals surface area contributed by atoms with Crippen molar-refractivity contribution in [2.45, 2.75) is 51.0 Å². The molecule has 1 aliphatic carbocycles. The molecule has 1 saturated heterocycles. The van der Waals surface area contributed by atoms with Crippen molar-refractivity contribution >= 4 is 18.3 Å². The van der Waals surface area contributed by atoms with E-state index in [0.717, 1.165) is 45.2 Å². The van der Waals surface area contributed by atoms with Gasteiger partial charge in [-0.3, -0.25) is 4.79 Å². The average molecular weight is 291 g/mol. The third kappa shape index (κ3) is 3.83. The van der Waals surface area contributed by atoms with E-state index >= 15 is 0 Å². The Labute approximate surface area is 122 Å². The summed E-state index contributed by atoms with van der Waals surface area (Å²) in [4.78, 5) is 14.8. The SMILES string of the molecule is COCCC1(C(=O)N2CCC(N)CC2)CCCC1.Cl. The normalized spacial score (nSPS) is 23.2. The Hall–Kier alpha value is -0.320. The zero-order chi connectivity index (χ0) is 13.0. The number of nitrogens with two attached hydrogens (primary N) is 1. The first kappa shape index (κ1) is 16.7. The van der Waals surface area contributed by atoms with Gasteiger partial charge >= 0.3 is 0 Å². The van der Waals surface area contributed by atoms with Crippen molar-refractivity contribution in [2.75, 3.05) is 26.8 Å². The molecular weight excluding hydrogens is 264 g/mol. The Kier molecular flexibility index (Phi) is 6.57. The second-order valence-corrected chi connectivity index (χ2v) is 5.86. The lowest BCUT2D eigenvalue weighted by Gasteiger charge is -2.37. The van der Waals surface area contributed by atoms with Crippen molar-refractivity contribution in [3.63, 3.8) is 0 Å². The molecule has 0 aromatic carbocycles. The molecule has 112 valence electrons. The molecule has 2 rings (SSSR count). The number of amides is 1. The lowest BCUT2D eigenvalue weighted by molar-refractivity contribution is -0.144. The van der Waals surface area contributed by atoms with Crippen LogP contribution in [0.25, 0.3) is 0 Å². The highest BCUT2D eigenvalue weighted by Crippen LogP contribution is 2.43. The van der Waals surface area contributed by atoms with Crippen LogP contribution in [0.1, 0.15) is 44.9 Å². The predicted molar refractivity (Wildman–Crippen MR) is 78.4 cm³/mol. The molecule has 5 heteroatoms. The first-order valence-electron chi connectivity index (χ1n) is 7.22. The van der Waals surface area contributed by atoms with E-state index in [-0.39, 0.29) is 23.9 Å². The van der Waals surface area contributed by atoms with Crippen LogP contribution in [0.4, 0.5) is 0 Å². The van der Waals surface area contributed by atoms with E-state index in [1.165, 1.54) is 12.8 Å². The first-order valence-corrected chi connectivity index (χ1v) is 7.22. The minimum Gasteiger partial charge on any atom is -0.385 e. The third-order valence-corrected chi connectivity index (χ3v) is 4.63. The fraction of sp³-hybridized carbons (Fsp3) is 0.929. The van der Waals surface area contributed by atoms with Crippen molar-refractivity contribution in [2.24, 2.45) is 11.1 Å². The maximum Gasteiger partial charge on any atom is 0.228 e. The summed E-state index contributed by atoms with van der Waals surface area (Å²) < 4.78 is 5.19. The zero-order valence-corrected chi connectivity index (χ0v) is 12.7. The number of likely N-dealkylation sites (tertiary alicyclic amines) is 1. The van der Waals surface area contributed by atoms with E-state index in [2.05, 4.69) is 0 Å². The molecule has 1 heterocycles. The lowest BCUT2D eigenvalue weighted by Crippen LogP contribution is -2.49. The number of nitrogens with zero attached hydrogens (tertiary/aromatic N) is 1. The molecule has 2 N–H and O–H groups in total. The van der Waals surface area contributed by atoms with E-state index < -0.39 is 0 Å². The quantitative estimate of drug-likeness (QED) is 0.861. The molecule has 1 aliphatic heterocycles. The highest BCUT2D eigenvalue weighted by molar-refractivity contribution is 5.85. The number of carbonyl (C=O) groups is 1. The summed E-state index contributed by atoms with van der Waals surface area (Å²) in [5, 5.41) is 0. The fourth-order valence-electron chi connectivity index (χ4n) is 3.36. The standard InChI is InChI=1S/C14H26N2O2.ClH/c1-18-11-8-14(6-2-3-7-14)13(17)16-9-4-12(15)5-10-16;/h12H,2-11,15H2,1H3;1H. The van der Waals surface area contributed by atoms with Gasteiger partial charge in [0.05, 0.1) is 5.41 Å². The molecule has 1 amide bonds. The largest absolute Gasteiger partial charge is 0.385 e. The molecule has 0 spiro atoms. The van der Waals surface area contributed by atoms with Crippen LogP contribution < -0.4 is 5.73 Å². The zero-order valence-electron chi connectivity index (χ0n) is 11.9. The van der Waals surface area contributed by atoms with Gasteiger partial charge in [-0.15, -0.1) is 12.4 Å². The number of hydrogen-bond acceptors (Lipinski definition) is 3. The van der Waals surface area contributed by atoms with Crippen molar-refractivity contribution in [1.82, 2.24) is 4.90 Å². The summed E-state index contributed by atoms with van der Waals surface area (Å²) in [6.45, 7) is 2.38. The molecule has 0 aromatic heterocycles. The van der Waals surface area contributed by atoms with Crippen molar-refractivity contribution in [3.05, 3.63) is 0 Å². The van der Waals surface area contributed by atoms with Crippen molar-refractivity contribution in [3.8, 4) is 0 Å².